The Balaban J connectivity index is 2.03. The van der Waals surface area contributed by atoms with E-state index in [-0.39, 0.29) is 24.2 Å². The van der Waals surface area contributed by atoms with Crippen LogP contribution < -0.4 is 0 Å². The van der Waals surface area contributed by atoms with Gasteiger partial charge in [0.05, 0.1) is 23.5 Å². The maximum Gasteiger partial charge on any atom is 0.334 e. The molecule has 0 radical (unpaired) electrons. The largest absolute Gasteiger partial charge is 0.461 e. The van der Waals surface area contributed by atoms with Gasteiger partial charge < -0.3 is 24.1 Å². The second-order valence-corrected chi connectivity index (χ2v) is 8.62. The molecule has 3 aliphatic rings. The Morgan fingerprint density at radius 3 is 2.63 bits per heavy atom. The van der Waals surface area contributed by atoms with Crippen molar-refractivity contribution in [2.45, 2.75) is 76.7 Å². The zero-order valence-corrected chi connectivity index (χ0v) is 16.7. The van der Waals surface area contributed by atoms with Gasteiger partial charge in [-0.1, -0.05) is 27.4 Å². The van der Waals surface area contributed by atoms with Crippen LogP contribution in [0.2, 0.25) is 0 Å². The number of carbonyl (C=O) groups is 2. The van der Waals surface area contributed by atoms with Crippen LogP contribution in [-0.2, 0) is 28.5 Å². The van der Waals surface area contributed by atoms with E-state index in [1.165, 1.54) is 0 Å². The fourth-order valence-corrected chi connectivity index (χ4v) is 4.56. The molecule has 0 aliphatic carbocycles. The molecule has 0 unspecified atom stereocenters. The van der Waals surface area contributed by atoms with E-state index in [4.69, 9.17) is 18.9 Å². The Hall–Kier alpha value is -1.44. The van der Waals surface area contributed by atoms with E-state index in [0.29, 0.717) is 18.4 Å². The number of aliphatic hydroxyl groups is 1. The first-order valence-electron chi connectivity index (χ1n) is 9.56. The molecule has 3 fully saturated rings. The second-order valence-electron chi connectivity index (χ2n) is 8.62. The summed E-state index contributed by atoms with van der Waals surface area (Å²) in [6.45, 7) is 11.1. The van der Waals surface area contributed by atoms with Gasteiger partial charge in [0.2, 0.25) is 0 Å². The maximum atomic E-state index is 12.3. The average molecular weight is 382 g/mol. The number of fused-ring (bicyclic) bond motifs is 3. The van der Waals surface area contributed by atoms with E-state index >= 15 is 0 Å². The van der Waals surface area contributed by atoms with Gasteiger partial charge in [-0.3, -0.25) is 4.79 Å². The predicted molar refractivity (Wildman–Crippen MR) is 95.5 cm³/mol. The molecule has 27 heavy (non-hydrogen) atoms. The number of rotatable bonds is 3. The molecule has 3 heterocycles. The first-order valence-corrected chi connectivity index (χ1v) is 9.56. The van der Waals surface area contributed by atoms with Crippen molar-refractivity contribution in [2.75, 3.05) is 7.11 Å². The van der Waals surface area contributed by atoms with Gasteiger partial charge in [-0.05, 0) is 13.3 Å². The number of hydrogen-bond acceptors (Lipinski definition) is 7. The summed E-state index contributed by atoms with van der Waals surface area (Å²) >= 11 is 0. The Morgan fingerprint density at radius 1 is 1.37 bits per heavy atom. The molecule has 152 valence electrons. The summed E-state index contributed by atoms with van der Waals surface area (Å²) in [5, 5.41) is 10.8. The van der Waals surface area contributed by atoms with Gasteiger partial charge in [-0.2, -0.15) is 0 Å². The SMILES string of the molecule is C=C1C(=O)O[C@@H]2C[C@H](C)[C@@]3(OC)C[C@@H](O)[C@@](C)(C[C@@H](OC(=O)C(C)C)[C@@H]12)O3. The summed E-state index contributed by atoms with van der Waals surface area (Å²) in [4.78, 5) is 24.6. The summed E-state index contributed by atoms with van der Waals surface area (Å²) in [6.07, 6.45) is -0.952. The quantitative estimate of drug-likeness (QED) is 0.589. The van der Waals surface area contributed by atoms with Gasteiger partial charge in [0.15, 0.2) is 5.79 Å². The lowest BCUT2D eigenvalue weighted by Gasteiger charge is -2.36. The molecule has 0 aromatic rings. The van der Waals surface area contributed by atoms with Gasteiger partial charge in [-0.25, -0.2) is 4.79 Å². The number of aliphatic hydroxyl groups excluding tert-OH is 1. The topological polar surface area (TPSA) is 91.3 Å². The molecule has 7 atom stereocenters. The highest BCUT2D eigenvalue weighted by atomic mass is 16.7. The Bertz CT molecular complexity index is 644. The molecule has 3 rings (SSSR count). The standard InChI is InChI=1S/C20H30O7/c1-10(2)17(22)26-14-8-19(5)15(21)9-20(24-6,27-19)11(3)7-13-16(14)12(4)18(23)25-13/h10-11,13-16,21H,4,7-9H2,1-3,5-6H3/t11-,13+,14+,15+,16-,19+,20+/m0/s1. The van der Waals surface area contributed by atoms with Gasteiger partial charge in [0, 0.05) is 31.4 Å². The van der Waals surface area contributed by atoms with Crippen LogP contribution in [0.1, 0.15) is 47.0 Å². The third-order valence-electron chi connectivity index (χ3n) is 6.34. The van der Waals surface area contributed by atoms with Gasteiger partial charge in [-0.15, -0.1) is 0 Å². The fourth-order valence-electron chi connectivity index (χ4n) is 4.56. The van der Waals surface area contributed by atoms with Crippen molar-refractivity contribution >= 4 is 11.9 Å². The molecule has 0 amide bonds. The number of methoxy groups -OCH3 is 1. The highest BCUT2D eigenvalue weighted by Crippen LogP contribution is 2.51. The normalized spacial score (nSPS) is 44.3. The number of hydrogen-bond donors (Lipinski definition) is 1. The van der Waals surface area contributed by atoms with Crippen molar-refractivity contribution in [3.8, 4) is 0 Å². The highest BCUT2D eigenvalue weighted by Gasteiger charge is 2.61. The lowest BCUT2D eigenvalue weighted by Crippen LogP contribution is -2.45. The third-order valence-corrected chi connectivity index (χ3v) is 6.34. The number of carbonyl (C=O) groups excluding carboxylic acids is 2. The summed E-state index contributed by atoms with van der Waals surface area (Å²) in [7, 11) is 1.56. The number of esters is 2. The fraction of sp³-hybridized carbons (Fsp3) is 0.800. The van der Waals surface area contributed by atoms with Gasteiger partial charge in [0.25, 0.3) is 0 Å². The molecule has 3 aliphatic heterocycles. The van der Waals surface area contributed by atoms with E-state index in [1.54, 1.807) is 27.9 Å². The summed E-state index contributed by atoms with van der Waals surface area (Å²) in [5.41, 5.74) is -0.677. The van der Waals surface area contributed by atoms with E-state index in [9.17, 15) is 14.7 Å². The van der Waals surface area contributed by atoms with E-state index in [0.717, 1.165) is 0 Å². The Kier molecular flexibility index (Phi) is 5.16. The van der Waals surface area contributed by atoms with E-state index < -0.39 is 41.6 Å². The summed E-state index contributed by atoms with van der Waals surface area (Å²) < 4.78 is 23.4. The van der Waals surface area contributed by atoms with Crippen LogP contribution in [-0.4, -0.2) is 53.9 Å². The zero-order valence-electron chi connectivity index (χ0n) is 16.7. The van der Waals surface area contributed by atoms with Crippen molar-refractivity contribution in [3.63, 3.8) is 0 Å². The van der Waals surface area contributed by atoms with Crippen LogP contribution >= 0.6 is 0 Å². The van der Waals surface area contributed by atoms with Crippen molar-refractivity contribution in [2.24, 2.45) is 17.8 Å². The average Bonchev–Trinajstić information content (AvgIpc) is 3.01. The Morgan fingerprint density at radius 2 is 2.04 bits per heavy atom. The minimum atomic E-state index is -0.980. The lowest BCUT2D eigenvalue weighted by molar-refractivity contribution is -0.267. The molecule has 2 bridgehead atoms. The predicted octanol–water partition coefficient (Wildman–Crippen LogP) is 1.96. The monoisotopic (exact) mass is 382 g/mol. The van der Waals surface area contributed by atoms with E-state index in [1.807, 2.05) is 6.92 Å². The van der Waals surface area contributed by atoms with Crippen LogP contribution in [0.3, 0.4) is 0 Å². The second kappa shape index (κ2) is 6.87. The number of ether oxygens (including phenoxy) is 4. The molecule has 1 N–H and O–H groups in total. The van der Waals surface area contributed by atoms with Crippen molar-refractivity contribution < 1.29 is 33.6 Å². The molecule has 7 nitrogen and oxygen atoms in total. The molecule has 7 heteroatoms. The maximum absolute atomic E-state index is 12.3. The zero-order chi connectivity index (χ0) is 20.1. The van der Waals surface area contributed by atoms with E-state index in [2.05, 4.69) is 6.58 Å². The molecule has 3 saturated heterocycles. The van der Waals surface area contributed by atoms with Gasteiger partial charge in [0.1, 0.15) is 12.2 Å². The third kappa shape index (κ3) is 3.30. The minimum absolute atomic E-state index is 0.148. The smallest absolute Gasteiger partial charge is 0.334 e. The molecule has 0 spiro atoms. The van der Waals surface area contributed by atoms with Crippen LogP contribution in [0.25, 0.3) is 0 Å². The lowest BCUT2D eigenvalue weighted by atomic mass is 9.78. The van der Waals surface area contributed by atoms with Crippen molar-refractivity contribution in [1.29, 1.82) is 0 Å². The van der Waals surface area contributed by atoms with Gasteiger partial charge >= 0.3 is 11.9 Å². The molecule has 0 saturated carbocycles. The Labute approximate surface area is 160 Å². The van der Waals surface area contributed by atoms with Crippen LogP contribution in [0.15, 0.2) is 12.2 Å². The molecule has 0 aromatic heterocycles. The molecular weight excluding hydrogens is 352 g/mol. The van der Waals surface area contributed by atoms with Crippen molar-refractivity contribution in [3.05, 3.63) is 12.2 Å². The molecule has 0 aromatic carbocycles. The minimum Gasteiger partial charge on any atom is -0.461 e. The first kappa shape index (κ1) is 20.3. The van der Waals surface area contributed by atoms with Crippen LogP contribution in [0.4, 0.5) is 0 Å². The van der Waals surface area contributed by atoms with Crippen molar-refractivity contribution in [1.82, 2.24) is 0 Å². The first-order chi connectivity index (χ1) is 12.5. The molecular formula is C20H30O7. The van der Waals surface area contributed by atoms with Crippen LogP contribution in [0, 0.1) is 17.8 Å². The van der Waals surface area contributed by atoms with Crippen LogP contribution in [0.5, 0.6) is 0 Å². The highest BCUT2D eigenvalue weighted by molar-refractivity contribution is 5.91. The summed E-state index contributed by atoms with van der Waals surface area (Å²) in [5.74, 6) is -2.75. The summed E-state index contributed by atoms with van der Waals surface area (Å²) in [6, 6.07) is 0.